The van der Waals surface area contributed by atoms with Gasteiger partial charge >= 0.3 is 0 Å². The zero-order valence-electron chi connectivity index (χ0n) is 12.3. The summed E-state index contributed by atoms with van der Waals surface area (Å²) in [6.45, 7) is 1.19. The summed E-state index contributed by atoms with van der Waals surface area (Å²) in [4.78, 5) is 0. The number of aliphatic hydroxyl groups is 1. The third kappa shape index (κ3) is 3.86. The quantitative estimate of drug-likeness (QED) is 0.273. The molecule has 0 bridgehead atoms. The Morgan fingerprint density at radius 3 is 2.76 bits per heavy atom. The minimum Gasteiger partial charge on any atom is -0.496 e. The number of ether oxygens (including phenoxy) is 1. The number of nitrogens with zero attached hydrogens (tertiary/aromatic N) is 1. The molecule has 0 radical (unpaired) electrons. The Kier molecular flexibility index (Phi) is 5.03. The molecule has 1 aromatic rings. The summed E-state index contributed by atoms with van der Waals surface area (Å²) in [6, 6.07) is 5.52. The Balaban J connectivity index is 2.00. The highest BCUT2D eigenvalue weighted by atomic mass is 16.5. The highest BCUT2D eigenvalue weighted by Crippen LogP contribution is 2.28. The highest BCUT2D eigenvalue weighted by molar-refractivity contribution is 5.99. The molecule has 1 aliphatic rings. The first-order valence-electron chi connectivity index (χ1n) is 7.16. The van der Waals surface area contributed by atoms with Gasteiger partial charge in [0.15, 0.2) is 5.84 Å². The SMILES string of the molecule is COc1ccc(CNCC2(O)CCCC2)cc1C(N)=NO. The van der Waals surface area contributed by atoms with Crippen LogP contribution in [0.15, 0.2) is 23.4 Å². The maximum atomic E-state index is 10.3. The Hall–Kier alpha value is -1.79. The molecule has 116 valence electrons. The van der Waals surface area contributed by atoms with E-state index in [0.717, 1.165) is 31.2 Å². The van der Waals surface area contributed by atoms with E-state index in [1.165, 1.54) is 7.11 Å². The number of nitrogens with two attached hydrogens (primary N) is 1. The molecule has 1 saturated carbocycles. The maximum Gasteiger partial charge on any atom is 0.173 e. The molecule has 0 heterocycles. The molecule has 1 fully saturated rings. The van der Waals surface area contributed by atoms with Crippen LogP contribution in [-0.4, -0.2) is 35.4 Å². The van der Waals surface area contributed by atoms with Crippen LogP contribution < -0.4 is 15.8 Å². The molecular formula is C15H23N3O3. The van der Waals surface area contributed by atoms with E-state index in [2.05, 4.69) is 10.5 Å². The average Bonchev–Trinajstić information content (AvgIpc) is 2.93. The van der Waals surface area contributed by atoms with Gasteiger partial charge in [0, 0.05) is 13.1 Å². The fourth-order valence-corrected chi connectivity index (χ4v) is 2.77. The van der Waals surface area contributed by atoms with Gasteiger partial charge in [0.05, 0.1) is 18.3 Å². The van der Waals surface area contributed by atoms with Gasteiger partial charge in [-0.3, -0.25) is 0 Å². The van der Waals surface area contributed by atoms with Gasteiger partial charge in [0.1, 0.15) is 5.75 Å². The zero-order chi connectivity index (χ0) is 15.3. The summed E-state index contributed by atoms with van der Waals surface area (Å²) in [7, 11) is 1.54. The van der Waals surface area contributed by atoms with Gasteiger partial charge in [-0.25, -0.2) is 0 Å². The van der Waals surface area contributed by atoms with Gasteiger partial charge in [-0.1, -0.05) is 24.1 Å². The van der Waals surface area contributed by atoms with Gasteiger partial charge in [0.2, 0.25) is 0 Å². The van der Waals surface area contributed by atoms with Gasteiger partial charge in [0.25, 0.3) is 0 Å². The van der Waals surface area contributed by atoms with Crippen molar-refractivity contribution in [2.75, 3.05) is 13.7 Å². The number of hydrogen-bond donors (Lipinski definition) is 4. The summed E-state index contributed by atoms with van der Waals surface area (Å²) in [5, 5.41) is 25.4. The van der Waals surface area contributed by atoms with Crippen molar-refractivity contribution in [3.63, 3.8) is 0 Å². The maximum absolute atomic E-state index is 10.3. The van der Waals surface area contributed by atoms with Gasteiger partial charge in [-0.15, -0.1) is 0 Å². The molecule has 0 spiro atoms. The summed E-state index contributed by atoms with van der Waals surface area (Å²) in [5.74, 6) is 0.576. The van der Waals surface area contributed by atoms with E-state index in [1.807, 2.05) is 12.1 Å². The first-order valence-corrected chi connectivity index (χ1v) is 7.16. The van der Waals surface area contributed by atoms with E-state index in [-0.39, 0.29) is 5.84 Å². The van der Waals surface area contributed by atoms with Crippen LogP contribution >= 0.6 is 0 Å². The molecule has 1 aliphatic carbocycles. The fraction of sp³-hybridized carbons (Fsp3) is 0.533. The van der Waals surface area contributed by atoms with E-state index in [9.17, 15) is 5.11 Å². The Morgan fingerprint density at radius 2 is 2.14 bits per heavy atom. The molecule has 0 aliphatic heterocycles. The molecule has 6 heteroatoms. The van der Waals surface area contributed by atoms with E-state index in [0.29, 0.717) is 24.4 Å². The topological polar surface area (TPSA) is 100 Å². The lowest BCUT2D eigenvalue weighted by Crippen LogP contribution is -2.37. The number of oxime groups is 1. The minimum atomic E-state index is -0.569. The van der Waals surface area contributed by atoms with Crippen molar-refractivity contribution in [3.05, 3.63) is 29.3 Å². The predicted molar refractivity (Wildman–Crippen MR) is 80.6 cm³/mol. The van der Waals surface area contributed by atoms with Crippen LogP contribution in [0.2, 0.25) is 0 Å². The van der Waals surface area contributed by atoms with Crippen LogP contribution in [0, 0.1) is 0 Å². The van der Waals surface area contributed by atoms with E-state index >= 15 is 0 Å². The summed E-state index contributed by atoms with van der Waals surface area (Å²) in [6.07, 6.45) is 3.90. The van der Waals surface area contributed by atoms with Crippen LogP contribution in [0.1, 0.15) is 36.8 Å². The lowest BCUT2D eigenvalue weighted by atomic mass is 10.0. The van der Waals surface area contributed by atoms with Crippen molar-refractivity contribution in [1.29, 1.82) is 0 Å². The Morgan fingerprint density at radius 1 is 1.43 bits per heavy atom. The summed E-state index contributed by atoms with van der Waals surface area (Å²) in [5.41, 5.74) is 6.62. The second-order valence-corrected chi connectivity index (χ2v) is 5.55. The molecule has 21 heavy (non-hydrogen) atoms. The van der Waals surface area contributed by atoms with Crippen molar-refractivity contribution in [3.8, 4) is 5.75 Å². The van der Waals surface area contributed by atoms with Crippen LogP contribution in [0.4, 0.5) is 0 Å². The average molecular weight is 293 g/mol. The first kappa shape index (κ1) is 15.6. The molecule has 0 saturated heterocycles. The molecule has 0 aromatic heterocycles. The van der Waals surface area contributed by atoms with Gasteiger partial charge in [-0.2, -0.15) is 0 Å². The van der Waals surface area contributed by atoms with Crippen molar-refractivity contribution in [2.45, 2.75) is 37.8 Å². The largest absolute Gasteiger partial charge is 0.496 e. The molecule has 0 amide bonds. The standard InChI is InChI=1S/C15H23N3O3/c1-21-13-5-4-11(8-12(13)14(16)18-20)9-17-10-15(19)6-2-3-7-15/h4-5,8,17,19-20H,2-3,6-7,9-10H2,1H3,(H2,16,18). The third-order valence-electron chi connectivity index (χ3n) is 3.97. The number of rotatable bonds is 6. The number of amidine groups is 1. The van der Waals surface area contributed by atoms with Crippen molar-refractivity contribution in [2.24, 2.45) is 10.9 Å². The molecule has 2 rings (SSSR count). The molecular weight excluding hydrogens is 270 g/mol. The summed E-state index contributed by atoms with van der Waals surface area (Å²) >= 11 is 0. The number of nitrogens with one attached hydrogen (secondary N) is 1. The van der Waals surface area contributed by atoms with Crippen molar-refractivity contribution < 1.29 is 15.1 Å². The second kappa shape index (κ2) is 6.78. The summed E-state index contributed by atoms with van der Waals surface area (Å²) < 4.78 is 5.19. The normalized spacial score (nSPS) is 17.9. The minimum absolute atomic E-state index is 0.0168. The number of benzene rings is 1. The van der Waals surface area contributed by atoms with Crippen molar-refractivity contribution >= 4 is 5.84 Å². The smallest absolute Gasteiger partial charge is 0.173 e. The predicted octanol–water partition coefficient (Wildman–Crippen LogP) is 1.18. The lowest BCUT2D eigenvalue weighted by molar-refractivity contribution is 0.0475. The van der Waals surface area contributed by atoms with E-state index in [4.69, 9.17) is 15.7 Å². The third-order valence-corrected chi connectivity index (χ3v) is 3.97. The van der Waals surface area contributed by atoms with Crippen molar-refractivity contribution in [1.82, 2.24) is 5.32 Å². The fourth-order valence-electron chi connectivity index (χ4n) is 2.77. The van der Waals surface area contributed by atoms with Crippen LogP contribution in [0.3, 0.4) is 0 Å². The van der Waals surface area contributed by atoms with Gasteiger partial charge < -0.3 is 26.1 Å². The van der Waals surface area contributed by atoms with E-state index < -0.39 is 5.60 Å². The highest BCUT2D eigenvalue weighted by Gasteiger charge is 2.30. The van der Waals surface area contributed by atoms with E-state index in [1.54, 1.807) is 6.07 Å². The Labute approximate surface area is 124 Å². The van der Waals surface area contributed by atoms with Crippen LogP contribution in [0.5, 0.6) is 5.75 Å². The second-order valence-electron chi connectivity index (χ2n) is 5.55. The van der Waals surface area contributed by atoms with Crippen LogP contribution in [-0.2, 0) is 6.54 Å². The lowest BCUT2D eigenvalue weighted by Gasteiger charge is -2.22. The zero-order valence-corrected chi connectivity index (χ0v) is 12.3. The molecule has 5 N–H and O–H groups in total. The number of hydrogen-bond acceptors (Lipinski definition) is 5. The Bertz CT molecular complexity index is 511. The monoisotopic (exact) mass is 293 g/mol. The van der Waals surface area contributed by atoms with Crippen LogP contribution in [0.25, 0.3) is 0 Å². The molecule has 0 atom stereocenters. The number of methoxy groups -OCH3 is 1. The molecule has 1 aromatic carbocycles. The molecule has 0 unspecified atom stereocenters. The first-order chi connectivity index (χ1) is 10.1. The van der Waals surface area contributed by atoms with Gasteiger partial charge in [-0.05, 0) is 30.5 Å². The molecule has 6 nitrogen and oxygen atoms in total.